The number of amides is 1. The van der Waals surface area contributed by atoms with Crippen molar-refractivity contribution in [1.29, 1.82) is 0 Å². The van der Waals surface area contributed by atoms with Crippen LogP contribution in [0.1, 0.15) is 32.1 Å². The maximum Gasteiger partial charge on any atom is 0.405 e. The van der Waals surface area contributed by atoms with Gasteiger partial charge in [0, 0.05) is 0 Å². The molecule has 1 amide bonds. The van der Waals surface area contributed by atoms with Crippen LogP contribution in [0.4, 0.5) is 4.79 Å². The van der Waals surface area contributed by atoms with E-state index in [2.05, 4.69) is 25.9 Å². The van der Waals surface area contributed by atoms with Crippen molar-refractivity contribution in [1.82, 2.24) is 25.9 Å². The van der Waals surface area contributed by atoms with E-state index in [-0.39, 0.29) is 6.04 Å². The Labute approximate surface area is 80.9 Å². The first-order valence-corrected chi connectivity index (χ1v) is 4.32. The van der Waals surface area contributed by atoms with Crippen LogP contribution in [-0.2, 0) is 0 Å². The molecule has 0 aliphatic rings. The first kappa shape index (κ1) is 10.4. The highest BCUT2D eigenvalue weighted by Gasteiger charge is 2.18. The number of nitrogens with zero attached hydrogens (tertiary/aromatic N) is 3. The molecule has 0 bridgehead atoms. The molecule has 78 valence electrons. The minimum atomic E-state index is -1.08. The van der Waals surface area contributed by atoms with E-state index >= 15 is 0 Å². The summed E-state index contributed by atoms with van der Waals surface area (Å²) in [6.45, 7) is 4.00. The molecule has 0 saturated carbocycles. The lowest BCUT2D eigenvalue weighted by atomic mass is 10.0. The minimum absolute atomic E-state index is 0.358. The molecular weight excluding hydrogens is 186 g/mol. The van der Waals surface area contributed by atoms with Gasteiger partial charge in [0.05, 0.1) is 6.04 Å². The van der Waals surface area contributed by atoms with Gasteiger partial charge in [0.15, 0.2) is 5.82 Å². The maximum absolute atomic E-state index is 10.5. The molecule has 1 unspecified atom stereocenters. The number of H-pyrrole nitrogens is 1. The van der Waals surface area contributed by atoms with Crippen LogP contribution in [0.2, 0.25) is 0 Å². The third-order valence-electron chi connectivity index (χ3n) is 1.70. The quantitative estimate of drug-likeness (QED) is 0.657. The van der Waals surface area contributed by atoms with Crippen LogP contribution in [0.15, 0.2) is 0 Å². The lowest BCUT2D eigenvalue weighted by Crippen LogP contribution is -2.28. The third kappa shape index (κ3) is 3.00. The van der Waals surface area contributed by atoms with Crippen molar-refractivity contribution in [2.75, 3.05) is 0 Å². The normalized spacial score (nSPS) is 12.8. The molecule has 7 nitrogen and oxygen atoms in total. The molecule has 1 aromatic heterocycles. The van der Waals surface area contributed by atoms with Gasteiger partial charge in [-0.25, -0.2) is 9.89 Å². The predicted molar refractivity (Wildman–Crippen MR) is 47.5 cm³/mol. The summed E-state index contributed by atoms with van der Waals surface area (Å²) in [5.74, 6) is 0.804. The van der Waals surface area contributed by atoms with Gasteiger partial charge in [-0.3, -0.25) is 0 Å². The summed E-state index contributed by atoms with van der Waals surface area (Å²) < 4.78 is 0. The summed E-state index contributed by atoms with van der Waals surface area (Å²) >= 11 is 0. The van der Waals surface area contributed by atoms with Crippen molar-refractivity contribution in [2.45, 2.75) is 26.3 Å². The van der Waals surface area contributed by atoms with Crippen LogP contribution in [0.3, 0.4) is 0 Å². The van der Waals surface area contributed by atoms with E-state index in [0.717, 1.165) is 0 Å². The average Bonchev–Trinajstić information content (AvgIpc) is 2.52. The topological polar surface area (TPSA) is 104 Å². The summed E-state index contributed by atoms with van der Waals surface area (Å²) in [4.78, 5) is 10.5. The number of aromatic nitrogens is 4. The van der Waals surface area contributed by atoms with E-state index in [1.165, 1.54) is 0 Å². The highest BCUT2D eigenvalue weighted by atomic mass is 16.4. The Morgan fingerprint density at radius 1 is 1.64 bits per heavy atom. The van der Waals surface area contributed by atoms with Crippen molar-refractivity contribution in [3.8, 4) is 0 Å². The van der Waals surface area contributed by atoms with Crippen molar-refractivity contribution >= 4 is 6.09 Å². The molecular formula is C7H13N5O2. The van der Waals surface area contributed by atoms with Gasteiger partial charge in [-0.05, 0) is 22.8 Å². The summed E-state index contributed by atoms with van der Waals surface area (Å²) in [6, 6.07) is -0.373. The molecule has 0 aromatic carbocycles. The van der Waals surface area contributed by atoms with Crippen molar-refractivity contribution in [3.05, 3.63) is 5.82 Å². The highest BCUT2D eigenvalue weighted by molar-refractivity contribution is 5.64. The maximum atomic E-state index is 10.5. The molecule has 1 aromatic rings. The lowest BCUT2D eigenvalue weighted by molar-refractivity contribution is 0.187. The monoisotopic (exact) mass is 199 g/mol. The third-order valence-corrected chi connectivity index (χ3v) is 1.70. The van der Waals surface area contributed by atoms with E-state index in [4.69, 9.17) is 5.11 Å². The van der Waals surface area contributed by atoms with Gasteiger partial charge in [0.2, 0.25) is 0 Å². The number of carbonyl (C=O) groups is 1. The van der Waals surface area contributed by atoms with E-state index in [0.29, 0.717) is 18.2 Å². The van der Waals surface area contributed by atoms with Gasteiger partial charge in [-0.2, -0.15) is 0 Å². The number of tetrazole rings is 1. The fourth-order valence-corrected chi connectivity index (χ4v) is 1.17. The molecule has 0 aliphatic carbocycles. The molecule has 1 atom stereocenters. The second kappa shape index (κ2) is 4.54. The Morgan fingerprint density at radius 3 is 2.79 bits per heavy atom. The van der Waals surface area contributed by atoms with Gasteiger partial charge in [-0.1, -0.05) is 13.8 Å². The smallest absolute Gasteiger partial charge is 0.405 e. The van der Waals surface area contributed by atoms with Crippen molar-refractivity contribution in [3.63, 3.8) is 0 Å². The number of carboxylic acid groups (broad SMARTS) is 1. The summed E-state index contributed by atoms with van der Waals surface area (Å²) in [5, 5.41) is 24.0. The summed E-state index contributed by atoms with van der Waals surface area (Å²) in [5.41, 5.74) is 0. The summed E-state index contributed by atoms with van der Waals surface area (Å²) in [7, 11) is 0. The van der Waals surface area contributed by atoms with Crippen LogP contribution < -0.4 is 5.32 Å². The SMILES string of the molecule is CC(C)CC(NC(=O)O)c1nnn[nH]1. The van der Waals surface area contributed by atoms with Gasteiger partial charge in [0.25, 0.3) is 0 Å². The first-order chi connectivity index (χ1) is 6.59. The average molecular weight is 199 g/mol. The van der Waals surface area contributed by atoms with Gasteiger partial charge < -0.3 is 10.4 Å². The zero-order valence-electron chi connectivity index (χ0n) is 8.06. The molecule has 0 saturated heterocycles. The zero-order chi connectivity index (χ0) is 10.6. The standard InChI is InChI=1S/C7H13N5O2/c1-4(2)3-5(8-7(13)14)6-9-11-12-10-6/h4-5,8H,3H2,1-2H3,(H,13,14)(H,9,10,11,12). The fraction of sp³-hybridized carbons (Fsp3) is 0.714. The predicted octanol–water partition coefficient (Wildman–Crippen LogP) is 0.554. The minimum Gasteiger partial charge on any atom is -0.465 e. The number of nitrogens with one attached hydrogen (secondary N) is 2. The molecule has 1 heterocycles. The van der Waals surface area contributed by atoms with Crippen LogP contribution in [0.5, 0.6) is 0 Å². The Kier molecular flexibility index (Phi) is 3.38. The van der Waals surface area contributed by atoms with Crippen LogP contribution in [-0.4, -0.2) is 31.8 Å². The molecule has 3 N–H and O–H groups in total. The molecule has 0 aliphatic heterocycles. The van der Waals surface area contributed by atoms with Crippen LogP contribution >= 0.6 is 0 Å². The number of aromatic amines is 1. The molecule has 0 radical (unpaired) electrons. The molecule has 14 heavy (non-hydrogen) atoms. The van der Waals surface area contributed by atoms with E-state index < -0.39 is 6.09 Å². The molecule has 0 fully saturated rings. The lowest BCUT2D eigenvalue weighted by Gasteiger charge is -2.15. The molecule has 7 heteroatoms. The van der Waals surface area contributed by atoms with E-state index in [9.17, 15) is 4.79 Å². The number of rotatable bonds is 4. The number of hydrogen-bond donors (Lipinski definition) is 3. The second-order valence-corrected chi connectivity index (χ2v) is 3.42. The fourth-order valence-electron chi connectivity index (χ4n) is 1.17. The second-order valence-electron chi connectivity index (χ2n) is 3.42. The largest absolute Gasteiger partial charge is 0.465 e. The Hall–Kier alpha value is -1.66. The summed E-state index contributed by atoms with van der Waals surface area (Å²) in [6.07, 6.45) is -0.421. The first-order valence-electron chi connectivity index (χ1n) is 4.32. The van der Waals surface area contributed by atoms with Gasteiger partial charge in [0.1, 0.15) is 0 Å². The molecule has 1 rings (SSSR count). The van der Waals surface area contributed by atoms with E-state index in [1.807, 2.05) is 13.8 Å². The van der Waals surface area contributed by atoms with Gasteiger partial charge in [-0.15, -0.1) is 5.10 Å². The Bertz CT molecular complexity index is 284. The van der Waals surface area contributed by atoms with Crippen LogP contribution in [0, 0.1) is 5.92 Å². The van der Waals surface area contributed by atoms with Crippen molar-refractivity contribution < 1.29 is 9.90 Å². The Balaban J connectivity index is 2.67. The zero-order valence-corrected chi connectivity index (χ0v) is 8.06. The Morgan fingerprint density at radius 2 is 2.36 bits per heavy atom. The highest BCUT2D eigenvalue weighted by Crippen LogP contribution is 2.16. The van der Waals surface area contributed by atoms with Crippen molar-refractivity contribution in [2.24, 2.45) is 5.92 Å². The van der Waals surface area contributed by atoms with Crippen LogP contribution in [0.25, 0.3) is 0 Å². The van der Waals surface area contributed by atoms with E-state index in [1.54, 1.807) is 0 Å². The number of hydrogen-bond acceptors (Lipinski definition) is 4. The van der Waals surface area contributed by atoms with Gasteiger partial charge >= 0.3 is 6.09 Å². The molecule has 0 spiro atoms.